The lowest BCUT2D eigenvalue weighted by Gasteiger charge is -1.91. The minimum absolute atomic E-state index is 0.272. The molecule has 1 aromatic carbocycles. The van der Waals surface area contributed by atoms with Crippen molar-refractivity contribution in [3.05, 3.63) is 48.6 Å². The van der Waals surface area contributed by atoms with E-state index in [0.717, 1.165) is 5.56 Å². The van der Waals surface area contributed by atoms with Crippen LogP contribution in [-0.2, 0) is 0 Å². The number of hydrogen-bond donors (Lipinski definition) is 1. The molecular formula is C11H13N3. The predicted molar refractivity (Wildman–Crippen MR) is 60.7 cm³/mol. The molecule has 1 rings (SSSR count). The van der Waals surface area contributed by atoms with Crippen LogP contribution < -0.4 is 5.73 Å². The van der Waals surface area contributed by atoms with E-state index in [1.54, 1.807) is 12.3 Å². The third kappa shape index (κ3) is 3.67. The molecule has 14 heavy (non-hydrogen) atoms. The van der Waals surface area contributed by atoms with Gasteiger partial charge in [-0.3, -0.25) is 0 Å². The highest BCUT2D eigenvalue weighted by Gasteiger charge is 1.85. The maximum Gasteiger partial charge on any atom is 0.215 e. The second kappa shape index (κ2) is 5.70. The van der Waals surface area contributed by atoms with Crippen LogP contribution in [0.3, 0.4) is 0 Å². The van der Waals surface area contributed by atoms with Gasteiger partial charge in [-0.25, -0.2) is 9.98 Å². The van der Waals surface area contributed by atoms with Crippen LogP contribution in [0.25, 0.3) is 0 Å². The summed E-state index contributed by atoms with van der Waals surface area (Å²) in [4.78, 5) is 7.92. The summed E-state index contributed by atoms with van der Waals surface area (Å²) in [5, 5.41) is 0. The van der Waals surface area contributed by atoms with Gasteiger partial charge in [0, 0.05) is 6.21 Å². The van der Waals surface area contributed by atoms with Gasteiger partial charge in [0.1, 0.15) is 0 Å². The molecule has 0 unspecified atom stereocenters. The van der Waals surface area contributed by atoms with Crippen LogP contribution in [0.1, 0.15) is 5.56 Å². The van der Waals surface area contributed by atoms with Gasteiger partial charge in [0.25, 0.3) is 0 Å². The van der Waals surface area contributed by atoms with E-state index in [0.29, 0.717) is 6.54 Å². The quantitative estimate of drug-likeness (QED) is 0.436. The highest BCUT2D eigenvalue weighted by molar-refractivity contribution is 5.92. The Labute approximate surface area is 83.7 Å². The summed E-state index contributed by atoms with van der Waals surface area (Å²) in [6, 6.07) is 9.73. The summed E-state index contributed by atoms with van der Waals surface area (Å²) in [6.45, 7) is 4.03. The van der Waals surface area contributed by atoms with Crippen molar-refractivity contribution >= 4 is 12.2 Å². The number of nitrogens with two attached hydrogens (primary N) is 1. The van der Waals surface area contributed by atoms with E-state index >= 15 is 0 Å². The summed E-state index contributed by atoms with van der Waals surface area (Å²) in [7, 11) is 0. The van der Waals surface area contributed by atoms with Crippen molar-refractivity contribution in [2.24, 2.45) is 15.7 Å². The van der Waals surface area contributed by atoms with E-state index in [9.17, 15) is 0 Å². The summed E-state index contributed by atoms with van der Waals surface area (Å²) in [5.41, 5.74) is 6.52. The normalized spacial score (nSPS) is 11.9. The summed E-state index contributed by atoms with van der Waals surface area (Å²) >= 11 is 0. The van der Waals surface area contributed by atoms with Crippen molar-refractivity contribution in [3.8, 4) is 0 Å². The largest absolute Gasteiger partial charge is 0.368 e. The van der Waals surface area contributed by atoms with E-state index < -0.39 is 0 Å². The van der Waals surface area contributed by atoms with Crippen LogP contribution in [0.5, 0.6) is 0 Å². The Balaban J connectivity index is 2.60. The monoisotopic (exact) mass is 187 g/mol. The van der Waals surface area contributed by atoms with Crippen LogP contribution >= 0.6 is 0 Å². The Morgan fingerprint density at radius 3 is 2.71 bits per heavy atom. The Bertz CT molecular complexity index is 339. The maximum atomic E-state index is 5.51. The second-order valence-corrected chi connectivity index (χ2v) is 2.66. The van der Waals surface area contributed by atoms with Crippen molar-refractivity contribution in [1.82, 2.24) is 0 Å². The standard InChI is InChI=1S/C11H13N3/c1-2-8-13-11(12)14-9-10-6-4-3-5-7-10/h2-7,9H,1,8H2,(H2,12,13). The topological polar surface area (TPSA) is 50.7 Å². The van der Waals surface area contributed by atoms with Crippen molar-refractivity contribution in [3.63, 3.8) is 0 Å². The Hall–Kier alpha value is -1.90. The van der Waals surface area contributed by atoms with Crippen molar-refractivity contribution in [2.75, 3.05) is 6.54 Å². The first-order chi connectivity index (χ1) is 6.83. The molecule has 0 aromatic heterocycles. The molecule has 0 fully saturated rings. The number of hydrogen-bond acceptors (Lipinski definition) is 1. The third-order valence-electron chi connectivity index (χ3n) is 1.53. The van der Waals surface area contributed by atoms with Crippen molar-refractivity contribution in [2.45, 2.75) is 0 Å². The number of aliphatic imine (C=N–C) groups is 2. The number of rotatable bonds is 3. The lowest BCUT2D eigenvalue weighted by Crippen LogP contribution is -2.08. The molecule has 0 spiro atoms. The maximum absolute atomic E-state index is 5.51. The molecule has 0 aliphatic rings. The minimum atomic E-state index is 0.272. The first-order valence-corrected chi connectivity index (χ1v) is 4.33. The van der Waals surface area contributed by atoms with Gasteiger partial charge < -0.3 is 5.73 Å². The first-order valence-electron chi connectivity index (χ1n) is 4.33. The SMILES string of the molecule is C=CCN=C(N)N=Cc1ccccc1. The number of guanidine groups is 1. The van der Waals surface area contributed by atoms with Gasteiger partial charge in [-0.2, -0.15) is 0 Å². The van der Waals surface area contributed by atoms with E-state index in [1.807, 2.05) is 30.3 Å². The van der Waals surface area contributed by atoms with E-state index in [4.69, 9.17) is 5.73 Å². The molecular weight excluding hydrogens is 174 g/mol. The van der Waals surface area contributed by atoms with Gasteiger partial charge in [-0.15, -0.1) is 6.58 Å². The van der Waals surface area contributed by atoms with Crippen LogP contribution in [0, 0.1) is 0 Å². The molecule has 0 heterocycles. The average molecular weight is 187 g/mol. The summed E-state index contributed by atoms with van der Waals surface area (Å²) in [5.74, 6) is 0.272. The fourth-order valence-electron chi connectivity index (χ4n) is 0.879. The molecule has 72 valence electrons. The summed E-state index contributed by atoms with van der Waals surface area (Å²) in [6.07, 6.45) is 3.35. The molecule has 2 N–H and O–H groups in total. The fraction of sp³-hybridized carbons (Fsp3) is 0.0909. The Morgan fingerprint density at radius 2 is 2.07 bits per heavy atom. The molecule has 0 bridgehead atoms. The Morgan fingerprint density at radius 1 is 1.36 bits per heavy atom. The first kappa shape index (κ1) is 10.2. The van der Waals surface area contributed by atoms with Gasteiger partial charge in [0.2, 0.25) is 5.96 Å². The van der Waals surface area contributed by atoms with Gasteiger partial charge in [-0.1, -0.05) is 36.4 Å². The molecule has 3 heteroatoms. The van der Waals surface area contributed by atoms with Crippen molar-refractivity contribution in [1.29, 1.82) is 0 Å². The van der Waals surface area contributed by atoms with Crippen LogP contribution in [-0.4, -0.2) is 18.7 Å². The minimum Gasteiger partial charge on any atom is -0.368 e. The molecule has 1 aromatic rings. The van der Waals surface area contributed by atoms with Gasteiger partial charge >= 0.3 is 0 Å². The van der Waals surface area contributed by atoms with Crippen molar-refractivity contribution < 1.29 is 0 Å². The van der Waals surface area contributed by atoms with Crippen LogP contribution in [0.2, 0.25) is 0 Å². The number of nitrogens with zero attached hydrogens (tertiary/aromatic N) is 2. The highest BCUT2D eigenvalue weighted by Crippen LogP contribution is 1.93. The van der Waals surface area contributed by atoms with E-state index in [-0.39, 0.29) is 5.96 Å². The number of benzene rings is 1. The predicted octanol–water partition coefficient (Wildman–Crippen LogP) is 1.61. The molecule has 0 aliphatic carbocycles. The summed E-state index contributed by atoms with van der Waals surface area (Å²) < 4.78 is 0. The smallest absolute Gasteiger partial charge is 0.215 e. The lowest BCUT2D eigenvalue weighted by atomic mass is 10.2. The molecule has 0 saturated heterocycles. The molecule has 0 radical (unpaired) electrons. The zero-order chi connectivity index (χ0) is 10.2. The zero-order valence-corrected chi connectivity index (χ0v) is 7.93. The van der Waals surface area contributed by atoms with Crippen LogP contribution in [0.15, 0.2) is 53.0 Å². The molecule has 3 nitrogen and oxygen atoms in total. The lowest BCUT2D eigenvalue weighted by molar-refractivity contribution is 1.22. The third-order valence-corrected chi connectivity index (χ3v) is 1.53. The average Bonchev–Trinajstić information content (AvgIpc) is 2.25. The molecule has 0 amide bonds. The van der Waals surface area contributed by atoms with E-state index in [1.165, 1.54) is 0 Å². The molecule has 0 atom stereocenters. The molecule has 0 aliphatic heterocycles. The molecule has 0 saturated carbocycles. The van der Waals surface area contributed by atoms with Gasteiger partial charge in [-0.05, 0) is 5.56 Å². The Kier molecular flexibility index (Phi) is 4.14. The fourth-order valence-corrected chi connectivity index (χ4v) is 0.879. The van der Waals surface area contributed by atoms with Gasteiger partial charge in [0.15, 0.2) is 0 Å². The van der Waals surface area contributed by atoms with Gasteiger partial charge in [0.05, 0.1) is 6.54 Å². The highest BCUT2D eigenvalue weighted by atomic mass is 15.0. The second-order valence-electron chi connectivity index (χ2n) is 2.66. The zero-order valence-electron chi connectivity index (χ0n) is 7.93. The van der Waals surface area contributed by atoms with E-state index in [2.05, 4.69) is 16.6 Å². The van der Waals surface area contributed by atoms with Crippen LogP contribution in [0.4, 0.5) is 0 Å².